The number of benzene rings is 2. The molecule has 0 spiro atoms. The smallest absolute Gasteiger partial charge is 0.338 e. The second-order valence-electron chi connectivity index (χ2n) is 6.07. The Hall–Kier alpha value is -2.82. The minimum atomic E-state index is -0.518. The van der Waals surface area contributed by atoms with Gasteiger partial charge in [0.2, 0.25) is 0 Å². The monoisotopic (exact) mass is 341 g/mol. The zero-order chi connectivity index (χ0) is 18.1. The van der Waals surface area contributed by atoms with Crippen molar-refractivity contribution in [1.29, 1.82) is 0 Å². The van der Waals surface area contributed by atoms with E-state index in [4.69, 9.17) is 9.47 Å². The normalized spacial score (nSPS) is 10.4. The second kappa shape index (κ2) is 9.47. The number of carbonyl (C=O) groups is 2. The maximum absolute atomic E-state index is 11.9. The molecule has 2 aromatic carbocycles. The van der Waals surface area contributed by atoms with E-state index in [9.17, 15) is 9.59 Å². The van der Waals surface area contributed by atoms with Gasteiger partial charge >= 0.3 is 5.97 Å². The lowest BCUT2D eigenvalue weighted by molar-refractivity contribution is -0.124. The van der Waals surface area contributed by atoms with Crippen LogP contribution >= 0.6 is 0 Å². The summed E-state index contributed by atoms with van der Waals surface area (Å²) in [6.45, 7) is 4.69. The molecule has 132 valence electrons. The molecule has 0 fully saturated rings. The van der Waals surface area contributed by atoms with E-state index in [-0.39, 0.29) is 12.5 Å². The number of carbonyl (C=O) groups excluding carboxylic acids is 2. The van der Waals surface area contributed by atoms with Gasteiger partial charge in [-0.2, -0.15) is 0 Å². The molecule has 0 aliphatic rings. The summed E-state index contributed by atoms with van der Waals surface area (Å²) in [6, 6.07) is 16.5. The van der Waals surface area contributed by atoms with Crippen molar-refractivity contribution in [3.05, 3.63) is 65.7 Å². The van der Waals surface area contributed by atoms with Gasteiger partial charge in [0, 0.05) is 6.54 Å². The highest BCUT2D eigenvalue weighted by Gasteiger charge is 2.10. The third kappa shape index (κ3) is 6.67. The molecule has 0 radical (unpaired) electrons. The lowest BCUT2D eigenvalue weighted by Gasteiger charge is -2.09. The van der Waals surface area contributed by atoms with Crippen molar-refractivity contribution in [3.8, 4) is 5.75 Å². The summed E-state index contributed by atoms with van der Waals surface area (Å²) in [6.07, 6.45) is 0. The summed E-state index contributed by atoms with van der Waals surface area (Å²) in [5.41, 5.74) is 1.34. The highest BCUT2D eigenvalue weighted by Crippen LogP contribution is 2.12. The third-order valence-corrected chi connectivity index (χ3v) is 3.38. The molecule has 0 aliphatic heterocycles. The van der Waals surface area contributed by atoms with Crippen LogP contribution in [0.2, 0.25) is 0 Å². The molecule has 5 nitrogen and oxygen atoms in total. The molecule has 1 amide bonds. The van der Waals surface area contributed by atoms with Gasteiger partial charge in [0.15, 0.2) is 6.61 Å². The molecule has 2 aromatic rings. The zero-order valence-electron chi connectivity index (χ0n) is 14.5. The van der Waals surface area contributed by atoms with Crippen molar-refractivity contribution in [3.63, 3.8) is 0 Å². The topological polar surface area (TPSA) is 64.6 Å². The summed E-state index contributed by atoms with van der Waals surface area (Å²) < 4.78 is 10.7. The van der Waals surface area contributed by atoms with Crippen LogP contribution in [0.15, 0.2) is 54.6 Å². The van der Waals surface area contributed by atoms with E-state index in [0.717, 1.165) is 11.3 Å². The Balaban J connectivity index is 1.78. The van der Waals surface area contributed by atoms with Gasteiger partial charge in [-0.3, -0.25) is 4.79 Å². The number of esters is 1. The first-order valence-electron chi connectivity index (χ1n) is 8.25. The average molecular weight is 341 g/mol. The lowest BCUT2D eigenvalue weighted by atomic mass is 10.1. The van der Waals surface area contributed by atoms with Crippen LogP contribution in [-0.4, -0.2) is 25.0 Å². The quantitative estimate of drug-likeness (QED) is 0.749. The van der Waals surface area contributed by atoms with Gasteiger partial charge in [0.25, 0.3) is 5.91 Å². The standard InChI is InChI=1S/C20H23NO4/c1-15(2)12-21-19(22)14-25-20(23)17-10-8-16(9-11-17)13-24-18-6-4-3-5-7-18/h3-11,15H,12-14H2,1-2H3,(H,21,22). The summed E-state index contributed by atoms with van der Waals surface area (Å²) in [5.74, 6) is 0.328. The fraction of sp³-hybridized carbons (Fsp3) is 0.300. The van der Waals surface area contributed by atoms with Gasteiger partial charge in [0.05, 0.1) is 5.56 Å². The van der Waals surface area contributed by atoms with Crippen LogP contribution in [0.1, 0.15) is 29.8 Å². The largest absolute Gasteiger partial charge is 0.489 e. The summed E-state index contributed by atoms with van der Waals surface area (Å²) in [7, 11) is 0. The molecule has 2 rings (SSSR count). The fourth-order valence-electron chi connectivity index (χ4n) is 2.00. The van der Waals surface area contributed by atoms with Gasteiger partial charge < -0.3 is 14.8 Å². The first-order chi connectivity index (χ1) is 12.0. The van der Waals surface area contributed by atoms with E-state index in [1.54, 1.807) is 24.3 Å². The van der Waals surface area contributed by atoms with E-state index in [1.165, 1.54) is 0 Å². The van der Waals surface area contributed by atoms with E-state index in [2.05, 4.69) is 5.32 Å². The molecule has 0 bridgehead atoms. The first-order valence-corrected chi connectivity index (χ1v) is 8.25. The third-order valence-electron chi connectivity index (χ3n) is 3.38. The van der Waals surface area contributed by atoms with Crippen LogP contribution in [0.25, 0.3) is 0 Å². The van der Waals surface area contributed by atoms with Crippen molar-refractivity contribution >= 4 is 11.9 Å². The summed E-state index contributed by atoms with van der Waals surface area (Å²) in [5, 5.41) is 2.70. The van der Waals surface area contributed by atoms with Crippen LogP contribution in [0.5, 0.6) is 5.75 Å². The molecule has 0 heterocycles. The molecule has 25 heavy (non-hydrogen) atoms. The first kappa shape index (κ1) is 18.5. The Labute approximate surface area is 148 Å². The van der Waals surface area contributed by atoms with E-state index in [1.807, 2.05) is 44.2 Å². The highest BCUT2D eigenvalue weighted by molar-refractivity contribution is 5.91. The molecule has 0 saturated carbocycles. The van der Waals surface area contributed by atoms with E-state index in [0.29, 0.717) is 24.6 Å². The van der Waals surface area contributed by atoms with Crippen molar-refractivity contribution in [2.24, 2.45) is 5.92 Å². The van der Waals surface area contributed by atoms with Gasteiger partial charge in [-0.25, -0.2) is 4.79 Å². The molecule has 0 atom stereocenters. The maximum atomic E-state index is 11.9. The minimum absolute atomic E-state index is 0.273. The number of ether oxygens (including phenoxy) is 2. The van der Waals surface area contributed by atoms with Crippen molar-refractivity contribution in [1.82, 2.24) is 5.32 Å². The minimum Gasteiger partial charge on any atom is -0.489 e. The van der Waals surface area contributed by atoms with Crippen LogP contribution in [0.4, 0.5) is 0 Å². The Morgan fingerprint density at radius 2 is 1.68 bits per heavy atom. The number of nitrogens with one attached hydrogen (secondary N) is 1. The Morgan fingerprint density at radius 3 is 2.32 bits per heavy atom. The maximum Gasteiger partial charge on any atom is 0.338 e. The number of rotatable bonds is 8. The van der Waals surface area contributed by atoms with Crippen molar-refractivity contribution < 1.29 is 19.1 Å². The predicted molar refractivity (Wildman–Crippen MR) is 95.3 cm³/mol. The van der Waals surface area contributed by atoms with E-state index < -0.39 is 5.97 Å². The van der Waals surface area contributed by atoms with E-state index >= 15 is 0 Å². The SMILES string of the molecule is CC(C)CNC(=O)COC(=O)c1ccc(COc2ccccc2)cc1. The van der Waals surface area contributed by atoms with Gasteiger partial charge in [0.1, 0.15) is 12.4 Å². The summed E-state index contributed by atoms with van der Waals surface area (Å²) in [4.78, 5) is 23.5. The molecule has 1 N–H and O–H groups in total. The number of amides is 1. The molecule has 0 saturated heterocycles. The van der Waals surface area contributed by atoms with Gasteiger partial charge in [-0.05, 0) is 35.7 Å². The van der Waals surface area contributed by atoms with Crippen molar-refractivity contribution in [2.45, 2.75) is 20.5 Å². The van der Waals surface area contributed by atoms with Crippen molar-refractivity contribution in [2.75, 3.05) is 13.2 Å². The zero-order valence-corrected chi connectivity index (χ0v) is 14.5. The lowest BCUT2D eigenvalue weighted by Crippen LogP contribution is -2.31. The molecule has 0 aliphatic carbocycles. The molecular formula is C20H23NO4. The van der Waals surface area contributed by atoms with Crippen LogP contribution in [-0.2, 0) is 16.1 Å². The number of hydrogen-bond donors (Lipinski definition) is 1. The van der Waals surface area contributed by atoms with Crippen LogP contribution in [0, 0.1) is 5.92 Å². The molecule has 0 aromatic heterocycles. The fourth-order valence-corrected chi connectivity index (χ4v) is 2.00. The second-order valence-corrected chi connectivity index (χ2v) is 6.07. The molecule has 0 unspecified atom stereocenters. The van der Waals surface area contributed by atoms with Crippen LogP contribution < -0.4 is 10.1 Å². The Bertz CT molecular complexity index is 681. The number of hydrogen-bond acceptors (Lipinski definition) is 4. The average Bonchev–Trinajstić information content (AvgIpc) is 2.64. The number of para-hydroxylation sites is 1. The predicted octanol–water partition coefficient (Wildman–Crippen LogP) is 3.19. The van der Waals surface area contributed by atoms with Gasteiger partial charge in [-0.15, -0.1) is 0 Å². The highest BCUT2D eigenvalue weighted by atomic mass is 16.5. The summed E-state index contributed by atoms with van der Waals surface area (Å²) >= 11 is 0. The Kier molecular flexibility index (Phi) is 7.01. The molecular weight excluding hydrogens is 318 g/mol. The van der Waals surface area contributed by atoms with Crippen LogP contribution in [0.3, 0.4) is 0 Å². The van der Waals surface area contributed by atoms with Gasteiger partial charge in [-0.1, -0.05) is 44.2 Å². The molecule has 5 heteroatoms. The Morgan fingerprint density at radius 1 is 1.00 bits per heavy atom.